The lowest BCUT2D eigenvalue weighted by atomic mass is 9.95. The number of ether oxygens (including phenoxy) is 2. The van der Waals surface area contributed by atoms with Gasteiger partial charge in [-0.05, 0) is 80.9 Å². The van der Waals surface area contributed by atoms with Crippen molar-refractivity contribution in [3.63, 3.8) is 0 Å². The number of hydrogen-bond donors (Lipinski definition) is 1. The van der Waals surface area contributed by atoms with Gasteiger partial charge in [0.25, 0.3) is 11.7 Å². The summed E-state index contributed by atoms with van der Waals surface area (Å²) in [5.74, 6) is 0.0101. The van der Waals surface area contributed by atoms with E-state index < -0.39 is 17.7 Å². The fraction of sp³-hybridized carbons (Fsp3) is 0.484. The number of hydrogen-bond acceptors (Lipinski definition) is 6. The third kappa shape index (κ3) is 7.16. The number of aliphatic hydroxyl groups is 1. The third-order valence-corrected chi connectivity index (χ3v) is 6.87. The molecule has 1 heterocycles. The molecule has 1 fully saturated rings. The Labute approximate surface area is 227 Å². The Hall–Kier alpha value is -3.32. The molecule has 1 saturated heterocycles. The third-order valence-electron chi connectivity index (χ3n) is 6.87. The van der Waals surface area contributed by atoms with Crippen molar-refractivity contribution in [1.29, 1.82) is 0 Å². The summed E-state index contributed by atoms with van der Waals surface area (Å²) in [6.45, 7) is 12.7. The molecule has 1 atom stereocenters. The van der Waals surface area contributed by atoms with Gasteiger partial charge in [-0.25, -0.2) is 0 Å². The second-order valence-corrected chi connectivity index (χ2v) is 9.52. The van der Waals surface area contributed by atoms with Crippen LogP contribution in [0.25, 0.3) is 5.76 Å². The quantitative estimate of drug-likeness (QED) is 0.138. The number of unbranched alkanes of at least 4 members (excludes halogenated alkanes) is 1. The van der Waals surface area contributed by atoms with Crippen molar-refractivity contribution in [3.05, 3.63) is 65.2 Å². The Morgan fingerprint density at radius 3 is 2.03 bits per heavy atom. The van der Waals surface area contributed by atoms with Crippen LogP contribution in [0.4, 0.5) is 0 Å². The molecule has 0 aliphatic carbocycles. The highest BCUT2D eigenvalue weighted by atomic mass is 16.5. The largest absolute Gasteiger partial charge is 0.507 e. The van der Waals surface area contributed by atoms with Crippen LogP contribution in [0, 0.1) is 0 Å². The van der Waals surface area contributed by atoms with Gasteiger partial charge in [-0.1, -0.05) is 46.2 Å². The number of carbonyl (C=O) groups excluding carboxylic acids is 2. The average molecular weight is 523 g/mol. The Bertz CT molecular complexity index is 1070. The van der Waals surface area contributed by atoms with Gasteiger partial charge in [-0.2, -0.15) is 0 Å². The highest BCUT2D eigenvalue weighted by molar-refractivity contribution is 6.46. The SMILES string of the molecule is CCCCOc1ccc(C2/C(=C(/O)c3ccc(OCCC)cc3)C(=O)C(=O)N2CCCN(CC)CC)cc1. The van der Waals surface area contributed by atoms with Gasteiger partial charge in [0, 0.05) is 12.1 Å². The second kappa shape index (κ2) is 14.6. The predicted molar refractivity (Wildman–Crippen MR) is 150 cm³/mol. The molecule has 0 bridgehead atoms. The molecule has 1 aliphatic rings. The van der Waals surface area contributed by atoms with Gasteiger partial charge >= 0.3 is 0 Å². The van der Waals surface area contributed by atoms with Crippen LogP contribution in [-0.2, 0) is 9.59 Å². The smallest absolute Gasteiger partial charge is 0.295 e. The van der Waals surface area contributed by atoms with Crippen LogP contribution in [0.15, 0.2) is 54.1 Å². The van der Waals surface area contributed by atoms with Gasteiger partial charge in [0.1, 0.15) is 17.3 Å². The van der Waals surface area contributed by atoms with Crippen molar-refractivity contribution in [3.8, 4) is 11.5 Å². The number of nitrogens with zero attached hydrogens (tertiary/aromatic N) is 2. The summed E-state index contributed by atoms with van der Waals surface area (Å²) in [5.41, 5.74) is 1.35. The molecule has 7 nitrogen and oxygen atoms in total. The predicted octanol–water partition coefficient (Wildman–Crippen LogP) is 5.81. The summed E-state index contributed by atoms with van der Waals surface area (Å²) >= 11 is 0. The van der Waals surface area contributed by atoms with Crippen LogP contribution >= 0.6 is 0 Å². The minimum Gasteiger partial charge on any atom is -0.507 e. The zero-order valence-electron chi connectivity index (χ0n) is 23.2. The molecule has 206 valence electrons. The van der Waals surface area contributed by atoms with E-state index in [2.05, 4.69) is 25.7 Å². The normalized spacial score (nSPS) is 16.9. The van der Waals surface area contributed by atoms with E-state index in [1.165, 1.54) is 0 Å². The summed E-state index contributed by atoms with van der Waals surface area (Å²) in [7, 11) is 0. The van der Waals surface area contributed by atoms with Gasteiger partial charge in [0.05, 0.1) is 24.8 Å². The van der Waals surface area contributed by atoms with E-state index in [1.54, 1.807) is 29.2 Å². The van der Waals surface area contributed by atoms with E-state index in [4.69, 9.17) is 9.47 Å². The van der Waals surface area contributed by atoms with Crippen molar-refractivity contribution in [2.45, 2.75) is 59.4 Å². The number of ketones is 1. The summed E-state index contributed by atoms with van der Waals surface area (Å²) in [4.78, 5) is 30.4. The molecule has 38 heavy (non-hydrogen) atoms. The van der Waals surface area contributed by atoms with Crippen LogP contribution in [-0.4, -0.2) is 66.0 Å². The van der Waals surface area contributed by atoms with Crippen molar-refractivity contribution < 1.29 is 24.2 Å². The van der Waals surface area contributed by atoms with E-state index in [9.17, 15) is 14.7 Å². The zero-order valence-corrected chi connectivity index (χ0v) is 23.2. The molecule has 1 N–H and O–H groups in total. The van der Waals surface area contributed by atoms with E-state index in [0.717, 1.165) is 56.6 Å². The van der Waals surface area contributed by atoms with Gasteiger partial charge in [0.2, 0.25) is 0 Å². The van der Waals surface area contributed by atoms with Crippen LogP contribution in [0.1, 0.15) is 70.5 Å². The number of Topliss-reactive ketones (excluding diaryl/α,β-unsaturated/α-hetero) is 1. The lowest BCUT2D eigenvalue weighted by molar-refractivity contribution is -0.140. The van der Waals surface area contributed by atoms with Crippen molar-refractivity contribution in [2.75, 3.05) is 39.4 Å². The minimum atomic E-state index is -0.674. The molecule has 1 amide bonds. The standard InChI is InChI=1S/C31H42N2O5/c1-5-9-22-38-26-15-11-23(12-16-26)28-27(29(34)24-13-17-25(18-14-24)37-21-6-2)30(35)31(36)33(28)20-10-19-32(7-3)8-4/h11-18,28,34H,5-10,19-22H2,1-4H3/b29-27-. The van der Waals surface area contributed by atoms with E-state index in [1.807, 2.05) is 31.2 Å². The van der Waals surface area contributed by atoms with Crippen molar-refractivity contribution >= 4 is 17.4 Å². The van der Waals surface area contributed by atoms with Crippen LogP contribution in [0.3, 0.4) is 0 Å². The number of aliphatic hydroxyl groups excluding tert-OH is 1. The van der Waals surface area contributed by atoms with Crippen LogP contribution < -0.4 is 9.47 Å². The molecule has 7 heteroatoms. The van der Waals surface area contributed by atoms with E-state index in [-0.39, 0.29) is 11.3 Å². The molecular weight excluding hydrogens is 480 g/mol. The number of amides is 1. The zero-order chi connectivity index (χ0) is 27.5. The highest BCUT2D eigenvalue weighted by Crippen LogP contribution is 2.40. The lowest BCUT2D eigenvalue weighted by Crippen LogP contribution is -2.33. The summed E-state index contributed by atoms with van der Waals surface area (Å²) in [6.07, 6.45) is 3.64. The monoisotopic (exact) mass is 522 g/mol. The maximum absolute atomic E-state index is 13.3. The second-order valence-electron chi connectivity index (χ2n) is 9.52. The Morgan fingerprint density at radius 2 is 1.45 bits per heavy atom. The Morgan fingerprint density at radius 1 is 0.842 bits per heavy atom. The molecule has 0 saturated carbocycles. The molecule has 0 spiro atoms. The first-order chi connectivity index (χ1) is 18.4. The van der Waals surface area contributed by atoms with Crippen molar-refractivity contribution in [2.24, 2.45) is 0 Å². The Kier molecular flexibility index (Phi) is 11.2. The number of likely N-dealkylation sites (tertiary alicyclic amines) is 1. The molecule has 2 aromatic rings. The van der Waals surface area contributed by atoms with E-state index >= 15 is 0 Å². The molecule has 0 radical (unpaired) electrons. The Balaban J connectivity index is 1.95. The maximum Gasteiger partial charge on any atom is 0.295 e. The molecular formula is C31H42N2O5. The van der Waals surface area contributed by atoms with Gasteiger partial charge in [0.15, 0.2) is 0 Å². The van der Waals surface area contributed by atoms with Crippen molar-refractivity contribution in [1.82, 2.24) is 9.80 Å². The first-order valence-corrected chi connectivity index (χ1v) is 13.9. The first-order valence-electron chi connectivity index (χ1n) is 13.9. The molecule has 2 aromatic carbocycles. The fourth-order valence-corrected chi connectivity index (χ4v) is 4.63. The van der Waals surface area contributed by atoms with Gasteiger partial charge in [-0.3, -0.25) is 9.59 Å². The summed E-state index contributed by atoms with van der Waals surface area (Å²) in [5, 5.41) is 11.3. The highest BCUT2D eigenvalue weighted by Gasteiger charge is 2.45. The van der Waals surface area contributed by atoms with Crippen LogP contribution in [0.5, 0.6) is 11.5 Å². The number of rotatable bonds is 15. The topological polar surface area (TPSA) is 79.3 Å². The molecule has 1 unspecified atom stereocenters. The average Bonchev–Trinajstić information content (AvgIpc) is 3.19. The lowest BCUT2D eigenvalue weighted by Gasteiger charge is -2.27. The number of benzene rings is 2. The molecule has 3 rings (SSSR count). The molecule has 1 aliphatic heterocycles. The van der Waals surface area contributed by atoms with Crippen LogP contribution in [0.2, 0.25) is 0 Å². The minimum absolute atomic E-state index is 0.111. The first kappa shape index (κ1) is 29.2. The maximum atomic E-state index is 13.3. The number of carbonyl (C=O) groups is 2. The summed E-state index contributed by atoms with van der Waals surface area (Å²) < 4.78 is 11.5. The molecule has 0 aromatic heterocycles. The fourth-order valence-electron chi connectivity index (χ4n) is 4.63. The summed E-state index contributed by atoms with van der Waals surface area (Å²) in [6, 6.07) is 13.8. The van der Waals surface area contributed by atoms with Gasteiger partial charge in [-0.15, -0.1) is 0 Å². The van der Waals surface area contributed by atoms with E-state index in [0.29, 0.717) is 31.1 Å². The van der Waals surface area contributed by atoms with Gasteiger partial charge < -0.3 is 24.4 Å².